The maximum atomic E-state index is 11.8. The summed E-state index contributed by atoms with van der Waals surface area (Å²) in [5, 5.41) is 0. The van der Waals surface area contributed by atoms with Crippen LogP contribution in [-0.2, 0) is 9.84 Å². The second kappa shape index (κ2) is 5.45. The van der Waals surface area contributed by atoms with Crippen LogP contribution in [0.25, 0.3) is 0 Å². The van der Waals surface area contributed by atoms with E-state index >= 15 is 0 Å². The molecule has 0 spiro atoms. The molecule has 0 bridgehead atoms. The van der Waals surface area contributed by atoms with Crippen LogP contribution in [0.2, 0.25) is 0 Å². The SMILES string of the molecule is COc1ccc(S(=O)(=O)CCS)cc1OC. The van der Waals surface area contributed by atoms with E-state index in [1.165, 1.54) is 26.4 Å². The van der Waals surface area contributed by atoms with Crippen molar-refractivity contribution in [3.63, 3.8) is 0 Å². The van der Waals surface area contributed by atoms with Gasteiger partial charge in [-0.05, 0) is 12.1 Å². The summed E-state index contributed by atoms with van der Waals surface area (Å²) in [5.74, 6) is 1.21. The number of hydrogen-bond donors (Lipinski definition) is 1. The van der Waals surface area contributed by atoms with E-state index in [-0.39, 0.29) is 16.4 Å². The fourth-order valence-corrected chi connectivity index (χ4v) is 3.01. The highest BCUT2D eigenvalue weighted by Crippen LogP contribution is 2.29. The van der Waals surface area contributed by atoms with Gasteiger partial charge in [0.15, 0.2) is 21.3 Å². The zero-order chi connectivity index (χ0) is 12.2. The minimum absolute atomic E-state index is 0.00555. The van der Waals surface area contributed by atoms with Crippen molar-refractivity contribution in [1.82, 2.24) is 0 Å². The first-order valence-electron chi connectivity index (χ1n) is 4.61. The highest BCUT2D eigenvalue weighted by atomic mass is 32.2. The Morgan fingerprint density at radius 3 is 2.31 bits per heavy atom. The molecule has 0 unspecified atom stereocenters. The minimum atomic E-state index is -3.28. The summed E-state index contributed by atoms with van der Waals surface area (Å²) in [7, 11) is -0.315. The van der Waals surface area contributed by atoms with Crippen LogP contribution in [0.15, 0.2) is 23.1 Å². The first-order chi connectivity index (χ1) is 7.55. The van der Waals surface area contributed by atoms with Crippen molar-refractivity contribution in [3.05, 3.63) is 18.2 Å². The highest BCUT2D eigenvalue weighted by molar-refractivity contribution is 7.92. The van der Waals surface area contributed by atoms with Crippen LogP contribution in [0.5, 0.6) is 11.5 Å². The summed E-state index contributed by atoms with van der Waals surface area (Å²) in [4.78, 5) is 0.221. The topological polar surface area (TPSA) is 52.6 Å². The van der Waals surface area contributed by atoms with Crippen molar-refractivity contribution in [1.29, 1.82) is 0 Å². The van der Waals surface area contributed by atoms with Crippen molar-refractivity contribution < 1.29 is 17.9 Å². The number of methoxy groups -OCH3 is 2. The maximum absolute atomic E-state index is 11.8. The number of ether oxygens (including phenoxy) is 2. The third-order valence-electron chi connectivity index (χ3n) is 2.07. The number of thiol groups is 1. The summed E-state index contributed by atoms with van der Waals surface area (Å²) in [5.41, 5.74) is 0. The molecule has 1 aromatic carbocycles. The Balaban J connectivity index is 3.18. The molecule has 0 aromatic heterocycles. The molecular formula is C10H14O4S2. The molecule has 0 radical (unpaired) electrons. The van der Waals surface area contributed by atoms with Crippen LogP contribution >= 0.6 is 12.6 Å². The molecule has 6 heteroatoms. The summed E-state index contributed by atoms with van der Waals surface area (Å²) in [6.07, 6.45) is 0. The molecule has 0 saturated carbocycles. The van der Waals surface area contributed by atoms with E-state index in [1.54, 1.807) is 6.07 Å². The molecule has 90 valence electrons. The normalized spacial score (nSPS) is 11.2. The van der Waals surface area contributed by atoms with E-state index < -0.39 is 9.84 Å². The molecule has 0 aliphatic carbocycles. The van der Waals surface area contributed by atoms with E-state index in [0.29, 0.717) is 11.5 Å². The van der Waals surface area contributed by atoms with Gasteiger partial charge in [0.05, 0.1) is 24.9 Å². The molecule has 0 atom stereocenters. The molecule has 0 saturated heterocycles. The van der Waals surface area contributed by atoms with Crippen LogP contribution in [0, 0.1) is 0 Å². The number of benzene rings is 1. The van der Waals surface area contributed by atoms with E-state index in [0.717, 1.165) is 0 Å². The zero-order valence-electron chi connectivity index (χ0n) is 9.13. The van der Waals surface area contributed by atoms with Crippen molar-refractivity contribution >= 4 is 22.5 Å². The van der Waals surface area contributed by atoms with Gasteiger partial charge >= 0.3 is 0 Å². The third kappa shape index (κ3) is 2.82. The Kier molecular flexibility index (Phi) is 4.49. The molecule has 0 aliphatic rings. The fourth-order valence-electron chi connectivity index (χ4n) is 1.25. The number of hydrogen-bond acceptors (Lipinski definition) is 5. The lowest BCUT2D eigenvalue weighted by molar-refractivity contribution is 0.354. The molecule has 1 aromatic rings. The van der Waals surface area contributed by atoms with Gasteiger partial charge in [-0.2, -0.15) is 12.6 Å². The van der Waals surface area contributed by atoms with Crippen molar-refractivity contribution in [3.8, 4) is 11.5 Å². The van der Waals surface area contributed by atoms with E-state index in [4.69, 9.17) is 9.47 Å². The van der Waals surface area contributed by atoms with Gasteiger partial charge in [0, 0.05) is 11.8 Å². The van der Waals surface area contributed by atoms with Gasteiger partial charge in [0.2, 0.25) is 0 Å². The quantitative estimate of drug-likeness (QED) is 0.815. The van der Waals surface area contributed by atoms with E-state index in [1.807, 2.05) is 0 Å². The Morgan fingerprint density at radius 1 is 1.19 bits per heavy atom. The molecule has 1 rings (SSSR count). The third-order valence-corrected chi connectivity index (χ3v) is 4.31. The molecular weight excluding hydrogens is 248 g/mol. The van der Waals surface area contributed by atoms with Gasteiger partial charge in [-0.25, -0.2) is 8.42 Å². The predicted molar refractivity (Wildman–Crippen MR) is 65.5 cm³/mol. The summed E-state index contributed by atoms with van der Waals surface area (Å²) in [6, 6.07) is 4.53. The number of rotatable bonds is 5. The monoisotopic (exact) mass is 262 g/mol. The molecule has 0 heterocycles. The number of sulfone groups is 1. The first-order valence-corrected chi connectivity index (χ1v) is 6.89. The van der Waals surface area contributed by atoms with Gasteiger partial charge in [-0.15, -0.1) is 0 Å². The van der Waals surface area contributed by atoms with Crippen molar-refractivity contribution in [2.45, 2.75) is 4.90 Å². The highest BCUT2D eigenvalue weighted by Gasteiger charge is 2.16. The van der Waals surface area contributed by atoms with Gasteiger partial charge < -0.3 is 9.47 Å². The van der Waals surface area contributed by atoms with Gasteiger partial charge in [0.1, 0.15) is 0 Å². The second-order valence-electron chi connectivity index (χ2n) is 3.06. The molecule has 0 aliphatic heterocycles. The van der Waals surface area contributed by atoms with E-state index in [2.05, 4.69) is 12.6 Å². The standard InChI is InChI=1S/C10H14O4S2/c1-13-9-4-3-8(7-10(9)14-2)16(11,12)6-5-15/h3-4,7,15H,5-6H2,1-2H3. The zero-order valence-corrected chi connectivity index (χ0v) is 10.8. The lowest BCUT2D eigenvalue weighted by Gasteiger charge is -2.09. The molecule has 16 heavy (non-hydrogen) atoms. The van der Waals surface area contributed by atoms with Gasteiger partial charge in [-0.1, -0.05) is 0 Å². The second-order valence-corrected chi connectivity index (χ2v) is 5.62. The summed E-state index contributed by atoms with van der Waals surface area (Å²) >= 11 is 3.92. The van der Waals surface area contributed by atoms with Gasteiger partial charge in [0.25, 0.3) is 0 Å². The average Bonchev–Trinajstić information content (AvgIpc) is 2.28. The molecule has 4 nitrogen and oxygen atoms in total. The Bertz CT molecular complexity index is 454. The predicted octanol–water partition coefficient (Wildman–Crippen LogP) is 1.41. The van der Waals surface area contributed by atoms with Crippen LogP contribution < -0.4 is 9.47 Å². The largest absolute Gasteiger partial charge is 0.493 e. The Morgan fingerprint density at radius 2 is 1.81 bits per heavy atom. The molecule has 0 amide bonds. The Labute approximate surface area is 101 Å². The average molecular weight is 262 g/mol. The fraction of sp³-hybridized carbons (Fsp3) is 0.400. The van der Waals surface area contributed by atoms with Crippen molar-refractivity contribution in [2.75, 3.05) is 25.7 Å². The summed E-state index contributed by atoms with van der Waals surface area (Å²) < 4.78 is 33.6. The van der Waals surface area contributed by atoms with Crippen molar-refractivity contribution in [2.24, 2.45) is 0 Å². The van der Waals surface area contributed by atoms with Gasteiger partial charge in [-0.3, -0.25) is 0 Å². The first kappa shape index (κ1) is 13.2. The van der Waals surface area contributed by atoms with Crippen LogP contribution in [0.1, 0.15) is 0 Å². The maximum Gasteiger partial charge on any atom is 0.179 e. The summed E-state index contributed by atoms with van der Waals surface area (Å²) in [6.45, 7) is 0. The van der Waals surface area contributed by atoms with Crippen LogP contribution in [-0.4, -0.2) is 34.1 Å². The molecule has 0 N–H and O–H groups in total. The smallest absolute Gasteiger partial charge is 0.179 e. The van der Waals surface area contributed by atoms with Crippen LogP contribution in [0.4, 0.5) is 0 Å². The lowest BCUT2D eigenvalue weighted by Crippen LogP contribution is -2.08. The molecule has 0 fully saturated rings. The van der Waals surface area contributed by atoms with E-state index in [9.17, 15) is 8.42 Å². The lowest BCUT2D eigenvalue weighted by atomic mass is 10.3. The van der Waals surface area contributed by atoms with Crippen LogP contribution in [0.3, 0.4) is 0 Å². The minimum Gasteiger partial charge on any atom is -0.493 e. The Hall–Kier alpha value is -0.880.